The Hall–Kier alpha value is -2.49. The van der Waals surface area contributed by atoms with Crippen molar-refractivity contribution in [3.8, 4) is 11.5 Å². The molecule has 1 aliphatic heterocycles. The van der Waals surface area contributed by atoms with Crippen LogP contribution in [-0.4, -0.2) is 36.1 Å². The number of methoxy groups -OCH3 is 1. The summed E-state index contributed by atoms with van der Waals surface area (Å²) in [7, 11) is 1.53. The van der Waals surface area contributed by atoms with Gasteiger partial charge in [-0.15, -0.1) is 0 Å². The molecule has 0 unspecified atom stereocenters. The normalized spacial score (nSPS) is 15.4. The second-order valence-corrected chi connectivity index (χ2v) is 5.86. The van der Waals surface area contributed by atoms with Gasteiger partial charge >= 0.3 is 0 Å². The highest BCUT2D eigenvalue weighted by Gasteiger charge is 2.25. The highest BCUT2D eigenvalue weighted by Crippen LogP contribution is 2.30. The number of rotatable bonds is 3. The maximum atomic E-state index is 12.6. The van der Waals surface area contributed by atoms with Gasteiger partial charge in [-0.2, -0.15) is 0 Å². The molecule has 4 nitrogen and oxygen atoms in total. The predicted molar refractivity (Wildman–Crippen MR) is 89.0 cm³/mol. The molecule has 1 N–H and O–H groups in total. The minimum atomic E-state index is -0.114. The molecule has 3 rings (SSSR count). The Morgan fingerprint density at radius 3 is 2.43 bits per heavy atom. The summed E-state index contributed by atoms with van der Waals surface area (Å²) in [6, 6.07) is 15.2. The van der Waals surface area contributed by atoms with Crippen LogP contribution in [-0.2, 0) is 0 Å². The predicted octanol–water partition coefficient (Wildman–Crippen LogP) is 3.42. The third-order valence-electron chi connectivity index (χ3n) is 4.49. The van der Waals surface area contributed by atoms with Gasteiger partial charge in [-0.3, -0.25) is 4.79 Å². The molecule has 0 atom stereocenters. The second kappa shape index (κ2) is 6.73. The Morgan fingerprint density at radius 1 is 1.13 bits per heavy atom. The Kier molecular flexibility index (Phi) is 4.51. The molecule has 1 fully saturated rings. The first-order valence-corrected chi connectivity index (χ1v) is 7.90. The van der Waals surface area contributed by atoms with Gasteiger partial charge in [0.05, 0.1) is 12.7 Å². The highest BCUT2D eigenvalue weighted by molar-refractivity contribution is 5.97. The van der Waals surface area contributed by atoms with Gasteiger partial charge in [-0.05, 0) is 36.5 Å². The minimum Gasteiger partial charge on any atom is -0.507 e. The van der Waals surface area contributed by atoms with E-state index in [-0.39, 0.29) is 11.7 Å². The van der Waals surface area contributed by atoms with E-state index in [0.717, 1.165) is 12.8 Å². The van der Waals surface area contributed by atoms with Crippen molar-refractivity contribution in [1.29, 1.82) is 0 Å². The minimum absolute atomic E-state index is 0.0282. The smallest absolute Gasteiger partial charge is 0.257 e. The maximum Gasteiger partial charge on any atom is 0.257 e. The van der Waals surface area contributed by atoms with E-state index in [1.54, 1.807) is 12.1 Å². The van der Waals surface area contributed by atoms with Crippen LogP contribution < -0.4 is 4.74 Å². The number of ether oxygens (including phenoxy) is 1. The number of carbonyl (C=O) groups is 1. The molecule has 1 aliphatic rings. The van der Waals surface area contributed by atoms with Crippen molar-refractivity contribution in [1.82, 2.24) is 4.90 Å². The van der Waals surface area contributed by atoms with Crippen LogP contribution in [0.5, 0.6) is 11.5 Å². The SMILES string of the molecule is COc1ccc(C(=O)N2CCC(c3ccccc3)CC2)c(O)c1. The van der Waals surface area contributed by atoms with E-state index in [4.69, 9.17) is 4.74 Å². The summed E-state index contributed by atoms with van der Waals surface area (Å²) in [6.45, 7) is 1.42. The van der Waals surface area contributed by atoms with Crippen molar-refractivity contribution in [2.24, 2.45) is 0 Å². The van der Waals surface area contributed by atoms with E-state index in [0.29, 0.717) is 30.3 Å². The summed E-state index contributed by atoms with van der Waals surface area (Å²) in [6.07, 6.45) is 1.90. The molecule has 1 heterocycles. The summed E-state index contributed by atoms with van der Waals surface area (Å²) in [5.41, 5.74) is 1.68. The van der Waals surface area contributed by atoms with Gasteiger partial charge in [0, 0.05) is 19.2 Å². The van der Waals surface area contributed by atoms with E-state index < -0.39 is 0 Å². The van der Waals surface area contributed by atoms with E-state index in [1.807, 2.05) is 11.0 Å². The van der Waals surface area contributed by atoms with Crippen LogP contribution in [0.25, 0.3) is 0 Å². The number of nitrogens with zero attached hydrogens (tertiary/aromatic N) is 1. The third-order valence-corrected chi connectivity index (χ3v) is 4.49. The molecule has 0 aromatic heterocycles. The van der Waals surface area contributed by atoms with E-state index in [1.165, 1.54) is 18.7 Å². The number of piperidine rings is 1. The monoisotopic (exact) mass is 311 g/mol. The number of carbonyl (C=O) groups excluding carboxylic acids is 1. The standard InChI is InChI=1S/C19H21NO3/c1-23-16-7-8-17(18(21)13-16)19(22)20-11-9-15(10-12-20)14-5-3-2-4-6-14/h2-8,13,15,21H,9-12H2,1H3. The average Bonchev–Trinajstić information content (AvgIpc) is 2.62. The van der Waals surface area contributed by atoms with E-state index in [9.17, 15) is 9.90 Å². The molecule has 1 amide bonds. The largest absolute Gasteiger partial charge is 0.507 e. The van der Waals surface area contributed by atoms with Gasteiger partial charge in [0.15, 0.2) is 0 Å². The summed E-state index contributed by atoms with van der Waals surface area (Å²) in [5, 5.41) is 10.0. The van der Waals surface area contributed by atoms with Crippen LogP contribution in [0.2, 0.25) is 0 Å². The number of hydrogen-bond donors (Lipinski definition) is 1. The number of benzene rings is 2. The molecule has 4 heteroatoms. The third kappa shape index (κ3) is 3.31. The first-order chi connectivity index (χ1) is 11.2. The average molecular weight is 311 g/mol. The van der Waals surface area contributed by atoms with Crippen molar-refractivity contribution >= 4 is 5.91 Å². The number of likely N-dealkylation sites (tertiary alicyclic amines) is 1. The molecule has 0 radical (unpaired) electrons. The van der Waals surface area contributed by atoms with E-state index >= 15 is 0 Å². The number of aromatic hydroxyl groups is 1. The van der Waals surface area contributed by atoms with Gasteiger partial charge in [-0.25, -0.2) is 0 Å². The van der Waals surface area contributed by atoms with Gasteiger partial charge in [0.25, 0.3) is 5.91 Å². The van der Waals surface area contributed by atoms with Crippen molar-refractivity contribution in [3.05, 3.63) is 59.7 Å². The fraction of sp³-hybridized carbons (Fsp3) is 0.316. The van der Waals surface area contributed by atoms with Gasteiger partial charge in [0.2, 0.25) is 0 Å². The number of hydrogen-bond acceptors (Lipinski definition) is 3. The topological polar surface area (TPSA) is 49.8 Å². The van der Waals surface area contributed by atoms with Crippen LogP contribution in [0.4, 0.5) is 0 Å². The Morgan fingerprint density at radius 2 is 1.83 bits per heavy atom. The van der Waals surface area contributed by atoms with Crippen LogP contribution in [0.3, 0.4) is 0 Å². The number of phenols is 1. The molecule has 2 aromatic carbocycles. The molecule has 0 bridgehead atoms. The Bertz CT molecular complexity index is 676. The molecule has 2 aromatic rings. The zero-order chi connectivity index (χ0) is 16.2. The highest BCUT2D eigenvalue weighted by atomic mass is 16.5. The summed E-state index contributed by atoms with van der Waals surface area (Å²) in [5.74, 6) is 0.905. The first-order valence-electron chi connectivity index (χ1n) is 7.90. The molecule has 23 heavy (non-hydrogen) atoms. The molecule has 0 spiro atoms. The van der Waals surface area contributed by atoms with Crippen LogP contribution in [0, 0.1) is 0 Å². The van der Waals surface area contributed by atoms with Gasteiger partial charge < -0.3 is 14.7 Å². The van der Waals surface area contributed by atoms with Gasteiger partial charge in [-0.1, -0.05) is 30.3 Å². The molecule has 0 saturated carbocycles. The van der Waals surface area contributed by atoms with Crippen molar-refractivity contribution in [2.45, 2.75) is 18.8 Å². The second-order valence-electron chi connectivity index (χ2n) is 5.86. The maximum absolute atomic E-state index is 12.6. The quantitative estimate of drug-likeness (QED) is 0.945. The van der Waals surface area contributed by atoms with Crippen molar-refractivity contribution in [2.75, 3.05) is 20.2 Å². The van der Waals surface area contributed by atoms with Crippen molar-refractivity contribution in [3.63, 3.8) is 0 Å². The fourth-order valence-corrected chi connectivity index (χ4v) is 3.13. The zero-order valence-electron chi connectivity index (χ0n) is 13.2. The molecular weight excluding hydrogens is 290 g/mol. The lowest BCUT2D eigenvalue weighted by Gasteiger charge is -2.32. The summed E-state index contributed by atoms with van der Waals surface area (Å²) >= 11 is 0. The van der Waals surface area contributed by atoms with Gasteiger partial charge in [0.1, 0.15) is 11.5 Å². The number of phenolic OH excluding ortho intramolecular Hbond substituents is 1. The van der Waals surface area contributed by atoms with Crippen LogP contribution >= 0.6 is 0 Å². The molecule has 1 saturated heterocycles. The Labute approximate surface area is 136 Å². The van der Waals surface area contributed by atoms with E-state index in [2.05, 4.69) is 24.3 Å². The van der Waals surface area contributed by atoms with Crippen LogP contribution in [0.15, 0.2) is 48.5 Å². The Balaban J connectivity index is 1.66. The zero-order valence-corrected chi connectivity index (χ0v) is 13.2. The van der Waals surface area contributed by atoms with Crippen LogP contribution in [0.1, 0.15) is 34.7 Å². The lowest BCUT2D eigenvalue weighted by molar-refractivity contribution is 0.0710. The van der Waals surface area contributed by atoms with Crippen molar-refractivity contribution < 1.29 is 14.6 Å². The lowest BCUT2D eigenvalue weighted by atomic mass is 9.89. The number of amides is 1. The first kappa shape index (κ1) is 15.4. The fourth-order valence-electron chi connectivity index (χ4n) is 3.13. The molecule has 0 aliphatic carbocycles. The molecular formula is C19H21NO3. The molecule has 120 valence electrons. The summed E-state index contributed by atoms with van der Waals surface area (Å²) in [4.78, 5) is 14.4. The summed E-state index contributed by atoms with van der Waals surface area (Å²) < 4.78 is 5.05. The lowest BCUT2D eigenvalue weighted by Crippen LogP contribution is -2.37.